The number of carbonyl (C=O) groups excluding carboxylic acids is 1. The molecule has 20 heavy (non-hydrogen) atoms. The second kappa shape index (κ2) is 5.06. The van der Waals surface area contributed by atoms with Crippen LogP contribution in [-0.2, 0) is 0 Å². The van der Waals surface area contributed by atoms with E-state index in [1.807, 2.05) is 31.2 Å². The monoisotopic (exact) mass is 281 g/mol. The van der Waals surface area contributed by atoms with Crippen LogP contribution < -0.4 is 0 Å². The lowest BCUT2D eigenvalue weighted by atomic mass is 9.96. The first-order chi connectivity index (χ1) is 9.68. The highest BCUT2D eigenvalue weighted by molar-refractivity contribution is 6.32. The normalized spacial score (nSPS) is 10.7. The number of hydrogen-bond donors (Lipinski definition) is 0. The third kappa shape index (κ3) is 2.08. The molecule has 3 aromatic rings. The molecule has 0 saturated heterocycles. The van der Waals surface area contributed by atoms with Crippen molar-refractivity contribution in [2.45, 2.75) is 6.92 Å². The van der Waals surface area contributed by atoms with Gasteiger partial charge in [0.2, 0.25) is 0 Å². The van der Waals surface area contributed by atoms with Crippen molar-refractivity contribution in [1.82, 2.24) is 4.98 Å². The number of fused-ring (bicyclic) bond motifs is 1. The lowest BCUT2D eigenvalue weighted by molar-refractivity contribution is 0.103. The molecule has 0 saturated carbocycles. The van der Waals surface area contributed by atoms with Crippen molar-refractivity contribution in [2.24, 2.45) is 0 Å². The molecule has 0 spiro atoms. The fourth-order valence-electron chi connectivity index (χ4n) is 2.31. The van der Waals surface area contributed by atoms with Gasteiger partial charge in [0.25, 0.3) is 0 Å². The Balaban J connectivity index is 2.21. The summed E-state index contributed by atoms with van der Waals surface area (Å²) in [6.45, 7) is 1.86. The predicted octanol–water partition coefficient (Wildman–Crippen LogP) is 4.43. The number of ketones is 1. The molecule has 2 aromatic carbocycles. The molecule has 1 aromatic heterocycles. The van der Waals surface area contributed by atoms with Crippen LogP contribution in [0.2, 0.25) is 5.02 Å². The summed E-state index contributed by atoms with van der Waals surface area (Å²) in [5.41, 5.74) is 2.09. The zero-order valence-corrected chi connectivity index (χ0v) is 11.7. The van der Waals surface area contributed by atoms with Crippen molar-refractivity contribution in [3.8, 4) is 0 Å². The molecule has 0 aliphatic heterocycles. The summed E-state index contributed by atoms with van der Waals surface area (Å²) in [5.74, 6) is -0.0244. The quantitative estimate of drug-likeness (QED) is 0.651. The molecular weight excluding hydrogens is 270 g/mol. The smallest absolute Gasteiger partial charge is 0.194 e. The fraction of sp³-hybridized carbons (Fsp3) is 0.0588. The molecule has 0 aliphatic carbocycles. The second-order valence-corrected chi connectivity index (χ2v) is 5.05. The predicted molar refractivity (Wildman–Crippen MR) is 81.4 cm³/mol. The molecule has 98 valence electrons. The number of benzene rings is 2. The summed E-state index contributed by atoms with van der Waals surface area (Å²) in [6.07, 6.45) is 3.45. The third-order valence-electron chi connectivity index (χ3n) is 3.44. The highest BCUT2D eigenvalue weighted by atomic mass is 35.5. The molecule has 0 radical (unpaired) electrons. The summed E-state index contributed by atoms with van der Waals surface area (Å²) in [4.78, 5) is 16.9. The first-order valence-corrected chi connectivity index (χ1v) is 6.69. The van der Waals surface area contributed by atoms with Crippen molar-refractivity contribution in [2.75, 3.05) is 0 Å². The Bertz CT molecular complexity index is 806. The SMILES string of the molecule is Cc1c(Cl)cccc1C(=O)c1cccc2ccncc12. The van der Waals surface area contributed by atoms with Gasteiger partial charge in [0.1, 0.15) is 0 Å². The molecular formula is C17H12ClNO. The van der Waals surface area contributed by atoms with E-state index in [1.54, 1.807) is 30.6 Å². The number of halogens is 1. The molecule has 3 rings (SSSR count). The van der Waals surface area contributed by atoms with Crippen LogP contribution in [0.4, 0.5) is 0 Å². The standard InChI is InChI=1S/C17H12ClNO/c1-11-13(5-3-7-16(11)18)17(20)14-6-2-4-12-8-9-19-10-15(12)14/h2-10H,1H3. The van der Waals surface area contributed by atoms with Gasteiger partial charge in [-0.05, 0) is 30.0 Å². The zero-order chi connectivity index (χ0) is 14.1. The lowest BCUT2D eigenvalue weighted by Crippen LogP contribution is -2.04. The summed E-state index contributed by atoms with van der Waals surface area (Å²) < 4.78 is 0. The minimum Gasteiger partial charge on any atom is -0.289 e. The fourth-order valence-corrected chi connectivity index (χ4v) is 2.48. The van der Waals surface area contributed by atoms with Crippen LogP contribution >= 0.6 is 11.6 Å². The third-order valence-corrected chi connectivity index (χ3v) is 3.85. The maximum absolute atomic E-state index is 12.7. The summed E-state index contributed by atoms with van der Waals surface area (Å²) in [7, 11) is 0. The zero-order valence-electron chi connectivity index (χ0n) is 10.9. The van der Waals surface area contributed by atoms with E-state index in [0.29, 0.717) is 16.1 Å². The van der Waals surface area contributed by atoms with E-state index in [4.69, 9.17) is 11.6 Å². The van der Waals surface area contributed by atoms with Gasteiger partial charge in [-0.15, -0.1) is 0 Å². The van der Waals surface area contributed by atoms with Crippen molar-refractivity contribution in [1.29, 1.82) is 0 Å². The molecule has 0 unspecified atom stereocenters. The first-order valence-electron chi connectivity index (χ1n) is 6.31. The molecule has 0 amide bonds. The highest BCUT2D eigenvalue weighted by Gasteiger charge is 2.15. The van der Waals surface area contributed by atoms with Crippen molar-refractivity contribution < 1.29 is 4.79 Å². The van der Waals surface area contributed by atoms with E-state index in [2.05, 4.69) is 4.98 Å². The van der Waals surface area contributed by atoms with Crippen LogP contribution in [0.15, 0.2) is 54.9 Å². The molecule has 0 aliphatic rings. The van der Waals surface area contributed by atoms with Gasteiger partial charge in [0.05, 0.1) is 0 Å². The lowest BCUT2D eigenvalue weighted by Gasteiger charge is -2.08. The molecule has 1 heterocycles. The minimum absolute atomic E-state index is 0.0244. The Morgan fingerprint density at radius 1 is 1.05 bits per heavy atom. The van der Waals surface area contributed by atoms with Crippen molar-refractivity contribution in [3.63, 3.8) is 0 Å². The van der Waals surface area contributed by atoms with Gasteiger partial charge in [-0.3, -0.25) is 9.78 Å². The van der Waals surface area contributed by atoms with Crippen LogP contribution in [0.1, 0.15) is 21.5 Å². The van der Waals surface area contributed by atoms with E-state index in [0.717, 1.165) is 16.3 Å². The average molecular weight is 282 g/mol. The number of carbonyl (C=O) groups is 1. The summed E-state index contributed by atoms with van der Waals surface area (Å²) >= 11 is 6.10. The maximum atomic E-state index is 12.7. The van der Waals surface area contributed by atoms with Crippen LogP contribution in [-0.4, -0.2) is 10.8 Å². The number of rotatable bonds is 2. The molecule has 0 fully saturated rings. The van der Waals surface area contributed by atoms with E-state index in [9.17, 15) is 4.79 Å². The van der Waals surface area contributed by atoms with Gasteiger partial charge in [-0.2, -0.15) is 0 Å². The second-order valence-electron chi connectivity index (χ2n) is 4.64. The Hall–Kier alpha value is -2.19. The topological polar surface area (TPSA) is 30.0 Å². The van der Waals surface area contributed by atoms with Crippen molar-refractivity contribution in [3.05, 3.63) is 76.6 Å². The van der Waals surface area contributed by atoms with Crippen LogP contribution in [0, 0.1) is 6.92 Å². The first kappa shape index (κ1) is 12.8. The molecule has 0 bridgehead atoms. The maximum Gasteiger partial charge on any atom is 0.194 e. The van der Waals surface area contributed by atoms with Gasteiger partial charge < -0.3 is 0 Å². The average Bonchev–Trinajstić information content (AvgIpc) is 2.49. The Morgan fingerprint density at radius 3 is 2.65 bits per heavy atom. The van der Waals surface area contributed by atoms with E-state index >= 15 is 0 Å². The largest absolute Gasteiger partial charge is 0.289 e. The van der Waals surface area contributed by atoms with Gasteiger partial charge in [-0.25, -0.2) is 0 Å². The number of aromatic nitrogens is 1. The Kier molecular flexibility index (Phi) is 3.25. The highest BCUT2D eigenvalue weighted by Crippen LogP contribution is 2.25. The van der Waals surface area contributed by atoms with E-state index in [1.165, 1.54) is 0 Å². The summed E-state index contributed by atoms with van der Waals surface area (Å²) in [5, 5.41) is 2.47. The molecule has 0 N–H and O–H groups in total. The van der Waals surface area contributed by atoms with Crippen LogP contribution in [0.25, 0.3) is 10.8 Å². The molecule has 2 nitrogen and oxygen atoms in total. The van der Waals surface area contributed by atoms with Gasteiger partial charge in [0, 0.05) is 33.9 Å². The minimum atomic E-state index is -0.0244. The van der Waals surface area contributed by atoms with Gasteiger partial charge in [-0.1, -0.05) is 41.9 Å². The van der Waals surface area contributed by atoms with Crippen LogP contribution in [0.3, 0.4) is 0 Å². The molecule has 3 heteroatoms. The Morgan fingerprint density at radius 2 is 1.80 bits per heavy atom. The molecule has 0 atom stereocenters. The van der Waals surface area contributed by atoms with E-state index < -0.39 is 0 Å². The van der Waals surface area contributed by atoms with Gasteiger partial charge in [0.15, 0.2) is 5.78 Å². The van der Waals surface area contributed by atoms with E-state index in [-0.39, 0.29) is 5.78 Å². The van der Waals surface area contributed by atoms with Crippen LogP contribution in [0.5, 0.6) is 0 Å². The summed E-state index contributed by atoms with van der Waals surface area (Å²) in [6, 6.07) is 13.0. The van der Waals surface area contributed by atoms with Gasteiger partial charge >= 0.3 is 0 Å². The van der Waals surface area contributed by atoms with Crippen molar-refractivity contribution >= 4 is 28.2 Å². The number of nitrogens with zero attached hydrogens (tertiary/aromatic N) is 1. The number of pyridine rings is 1. The number of hydrogen-bond acceptors (Lipinski definition) is 2. The Labute approximate surface area is 122 Å².